The molecule has 0 saturated heterocycles. The fourth-order valence-electron chi connectivity index (χ4n) is 0.456. The van der Waals surface area contributed by atoms with Crippen molar-refractivity contribution in [2.75, 3.05) is 13.6 Å². The van der Waals surface area contributed by atoms with E-state index in [4.69, 9.17) is 5.73 Å². The van der Waals surface area contributed by atoms with Crippen LogP contribution in [0.25, 0.3) is 0 Å². The van der Waals surface area contributed by atoms with Gasteiger partial charge in [0.25, 0.3) is 0 Å². The summed E-state index contributed by atoms with van der Waals surface area (Å²) in [6, 6.07) is 0. The van der Waals surface area contributed by atoms with Gasteiger partial charge in [-0.05, 0) is 20.9 Å². The Balaban J connectivity index is -0.000000149. The molecular weight excluding hydrogens is 112 g/mol. The van der Waals surface area contributed by atoms with Crippen LogP contribution in [0, 0.1) is 0 Å². The Morgan fingerprint density at radius 3 is 1.78 bits per heavy atom. The molecule has 0 aliphatic carbocycles. The Kier molecular flexibility index (Phi) is 7.85. The number of hydrogen-bond acceptors (Lipinski definition) is 2. The quantitative estimate of drug-likeness (QED) is 0.596. The fourth-order valence-corrected chi connectivity index (χ4v) is 0.456. The van der Waals surface area contributed by atoms with Crippen molar-refractivity contribution >= 4 is 0 Å². The maximum Gasteiger partial charge on any atom is 0.0223 e. The van der Waals surface area contributed by atoms with E-state index < -0.39 is 0 Å². The molecule has 0 bridgehead atoms. The highest BCUT2D eigenvalue weighted by Gasteiger charge is 2.06. The van der Waals surface area contributed by atoms with Gasteiger partial charge in [0.2, 0.25) is 0 Å². The maximum absolute atomic E-state index is 5.58. The summed E-state index contributed by atoms with van der Waals surface area (Å²) < 4.78 is 0. The lowest BCUT2D eigenvalue weighted by Crippen LogP contribution is -2.41. The van der Waals surface area contributed by atoms with Crippen molar-refractivity contribution in [3.8, 4) is 0 Å². The predicted octanol–water partition coefficient (Wildman–Crippen LogP) is 1.22. The summed E-state index contributed by atoms with van der Waals surface area (Å²) >= 11 is 0. The van der Waals surface area contributed by atoms with Gasteiger partial charge < -0.3 is 11.1 Å². The summed E-state index contributed by atoms with van der Waals surface area (Å²) in [5.74, 6) is 0. The first kappa shape index (κ1) is 11.7. The van der Waals surface area contributed by atoms with Crippen molar-refractivity contribution in [1.82, 2.24) is 5.32 Å². The predicted molar refractivity (Wildman–Crippen MR) is 45.7 cm³/mol. The van der Waals surface area contributed by atoms with E-state index in [-0.39, 0.29) is 6.97 Å². The third-order valence-corrected chi connectivity index (χ3v) is 0.632. The second-order valence-corrected chi connectivity index (χ2v) is 2.52. The molecule has 0 aromatic rings. The molecule has 0 heterocycles. The molecule has 0 unspecified atom stereocenters. The average molecular weight is 134 g/mol. The summed E-state index contributed by atoms with van der Waals surface area (Å²) in [7, 11) is 1.90. The average Bonchev–Trinajstić information content (AvgIpc) is 1.69. The van der Waals surface area contributed by atoms with Crippen LogP contribution in [0.4, 0.5) is 0 Å². The van der Waals surface area contributed by atoms with Crippen LogP contribution < -0.4 is 11.1 Å². The standard InChI is InChI=1S/C5H14N2.C2H6.H2/c1-5(2,6)4-7-3;1-2;/h7H,4,6H2,1-3H3;1-2H3;1H. The van der Waals surface area contributed by atoms with Gasteiger partial charge in [0.15, 0.2) is 0 Å². The van der Waals surface area contributed by atoms with Crippen LogP contribution in [0.15, 0.2) is 0 Å². The van der Waals surface area contributed by atoms with Crippen LogP contribution in [0.5, 0.6) is 0 Å². The van der Waals surface area contributed by atoms with Gasteiger partial charge in [0.05, 0.1) is 0 Å². The molecule has 0 aliphatic rings. The van der Waals surface area contributed by atoms with E-state index in [9.17, 15) is 0 Å². The molecule has 0 fully saturated rings. The molecule has 0 aromatic heterocycles. The van der Waals surface area contributed by atoms with Crippen LogP contribution in [-0.4, -0.2) is 19.1 Å². The van der Waals surface area contributed by atoms with Gasteiger partial charge in [-0.15, -0.1) is 0 Å². The Bertz CT molecular complexity index is 50.1. The normalized spacial score (nSPS) is 10.0. The van der Waals surface area contributed by atoms with E-state index >= 15 is 0 Å². The maximum atomic E-state index is 5.58. The summed E-state index contributed by atoms with van der Waals surface area (Å²) in [5.41, 5.74) is 5.52. The van der Waals surface area contributed by atoms with Gasteiger partial charge in [-0.2, -0.15) is 0 Å². The second-order valence-electron chi connectivity index (χ2n) is 2.52. The topological polar surface area (TPSA) is 38.0 Å². The van der Waals surface area contributed by atoms with Crippen LogP contribution in [0.3, 0.4) is 0 Å². The van der Waals surface area contributed by atoms with E-state index in [0.717, 1.165) is 6.54 Å². The number of hydrogen-bond donors (Lipinski definition) is 2. The lowest BCUT2D eigenvalue weighted by molar-refractivity contribution is 0.490. The van der Waals surface area contributed by atoms with Crippen molar-refractivity contribution in [1.29, 1.82) is 0 Å². The molecule has 0 atom stereocenters. The molecule has 0 amide bonds. The van der Waals surface area contributed by atoms with Crippen LogP contribution in [-0.2, 0) is 0 Å². The summed E-state index contributed by atoms with van der Waals surface area (Å²) in [5, 5.41) is 2.98. The third-order valence-electron chi connectivity index (χ3n) is 0.632. The van der Waals surface area contributed by atoms with Crippen LogP contribution in [0.1, 0.15) is 29.1 Å². The molecule has 2 nitrogen and oxygen atoms in total. The van der Waals surface area contributed by atoms with Crippen molar-refractivity contribution in [2.45, 2.75) is 33.2 Å². The van der Waals surface area contributed by atoms with Gasteiger partial charge in [-0.25, -0.2) is 0 Å². The first-order chi connectivity index (χ1) is 4.06. The van der Waals surface area contributed by atoms with E-state index in [0.29, 0.717) is 0 Å². The zero-order valence-corrected chi connectivity index (χ0v) is 7.28. The van der Waals surface area contributed by atoms with Crippen molar-refractivity contribution < 1.29 is 1.43 Å². The number of nitrogens with two attached hydrogens (primary N) is 1. The molecule has 60 valence electrons. The molecule has 0 spiro atoms. The highest BCUT2D eigenvalue weighted by atomic mass is 14.9. The van der Waals surface area contributed by atoms with Gasteiger partial charge in [-0.1, -0.05) is 13.8 Å². The largest absolute Gasteiger partial charge is 0.324 e. The summed E-state index contributed by atoms with van der Waals surface area (Å²) in [6.45, 7) is 8.85. The SMILES string of the molecule is CC.CNCC(C)(C)N.[HH]. The van der Waals surface area contributed by atoms with Gasteiger partial charge in [-0.3, -0.25) is 0 Å². The van der Waals surface area contributed by atoms with Gasteiger partial charge in [0.1, 0.15) is 0 Å². The molecule has 0 rings (SSSR count). The molecule has 2 heteroatoms. The zero-order valence-electron chi connectivity index (χ0n) is 7.28. The van der Waals surface area contributed by atoms with Crippen molar-refractivity contribution in [3.63, 3.8) is 0 Å². The first-order valence-corrected chi connectivity index (χ1v) is 3.50. The lowest BCUT2D eigenvalue weighted by Gasteiger charge is -2.16. The first-order valence-electron chi connectivity index (χ1n) is 3.50. The molecule has 9 heavy (non-hydrogen) atoms. The third kappa shape index (κ3) is 18.1. The monoisotopic (exact) mass is 134 g/mol. The Hall–Kier alpha value is -0.0800. The zero-order chi connectivity index (χ0) is 7.91. The van der Waals surface area contributed by atoms with Crippen LogP contribution in [0.2, 0.25) is 0 Å². The molecule has 3 N–H and O–H groups in total. The summed E-state index contributed by atoms with van der Waals surface area (Å²) in [6.07, 6.45) is 0. The van der Waals surface area contributed by atoms with E-state index in [1.54, 1.807) is 0 Å². The minimum atomic E-state index is -0.0608. The lowest BCUT2D eigenvalue weighted by atomic mass is 10.1. The van der Waals surface area contributed by atoms with Gasteiger partial charge >= 0.3 is 0 Å². The smallest absolute Gasteiger partial charge is 0.0223 e. The second kappa shape index (κ2) is 6.05. The van der Waals surface area contributed by atoms with E-state index in [1.807, 2.05) is 34.7 Å². The fraction of sp³-hybridized carbons (Fsp3) is 1.00. The van der Waals surface area contributed by atoms with Crippen molar-refractivity contribution in [3.05, 3.63) is 0 Å². The molecule has 0 aliphatic heterocycles. The highest BCUT2D eigenvalue weighted by molar-refractivity contribution is 4.72. The van der Waals surface area contributed by atoms with E-state index in [1.165, 1.54) is 0 Å². The Morgan fingerprint density at radius 1 is 1.44 bits per heavy atom. The number of rotatable bonds is 2. The minimum absolute atomic E-state index is 0. The summed E-state index contributed by atoms with van der Waals surface area (Å²) in [4.78, 5) is 0. The Labute approximate surface area is 60.3 Å². The van der Waals surface area contributed by atoms with E-state index in [2.05, 4.69) is 5.32 Å². The van der Waals surface area contributed by atoms with Crippen LogP contribution >= 0.6 is 0 Å². The molecular formula is C7H22N2. The minimum Gasteiger partial charge on any atom is -0.324 e. The number of nitrogens with one attached hydrogen (secondary N) is 1. The van der Waals surface area contributed by atoms with Crippen molar-refractivity contribution in [2.24, 2.45) is 5.73 Å². The molecule has 0 radical (unpaired) electrons. The molecule has 0 saturated carbocycles. The van der Waals surface area contributed by atoms with Gasteiger partial charge in [0, 0.05) is 13.5 Å². The molecule has 0 aromatic carbocycles. The Morgan fingerprint density at radius 2 is 1.78 bits per heavy atom. The number of likely N-dealkylation sites (N-methyl/N-ethyl adjacent to an activating group) is 1. The highest BCUT2D eigenvalue weighted by Crippen LogP contribution is 1.90.